The number of nitrogens with two attached hydrogens (primary N) is 1. The van der Waals surface area contributed by atoms with Gasteiger partial charge in [-0.15, -0.1) is 11.8 Å². The van der Waals surface area contributed by atoms with Crippen molar-refractivity contribution in [1.82, 2.24) is 5.43 Å². The molecule has 1 atom stereocenters. The van der Waals surface area contributed by atoms with Crippen LogP contribution in [0.5, 0.6) is 0 Å². The van der Waals surface area contributed by atoms with Crippen molar-refractivity contribution in [2.75, 3.05) is 6.26 Å². The Balaban J connectivity index is 2.67. The summed E-state index contributed by atoms with van der Waals surface area (Å²) in [5.74, 6) is 4.79. The highest BCUT2D eigenvalue weighted by Gasteiger charge is 2.11. The van der Waals surface area contributed by atoms with Crippen molar-refractivity contribution in [1.29, 1.82) is 0 Å². The number of carbonyl (C=O) groups excluding carboxylic acids is 1. The van der Waals surface area contributed by atoms with E-state index in [2.05, 4.69) is 5.43 Å². The Bertz CT molecular complexity index is 512. The lowest BCUT2D eigenvalue weighted by Gasteiger charge is -2.10. The van der Waals surface area contributed by atoms with Gasteiger partial charge in [0, 0.05) is 22.8 Å². The molecule has 0 aliphatic carbocycles. The average Bonchev–Trinajstić information content (AvgIpc) is 2.28. The van der Waals surface area contributed by atoms with Crippen LogP contribution in [0, 0.1) is 0 Å². The minimum absolute atomic E-state index is 0.0673. The van der Waals surface area contributed by atoms with Gasteiger partial charge in [0.05, 0.1) is 4.90 Å². The molecule has 0 aliphatic heterocycles. The van der Waals surface area contributed by atoms with Gasteiger partial charge in [0.1, 0.15) is 0 Å². The molecule has 1 aromatic rings. The summed E-state index contributed by atoms with van der Waals surface area (Å²) in [5.41, 5.74) is 2.08. The first-order valence-electron chi connectivity index (χ1n) is 5.29. The molecule has 0 heterocycles. The molecule has 0 saturated heterocycles. The van der Waals surface area contributed by atoms with E-state index in [0.29, 0.717) is 11.3 Å². The second-order valence-electron chi connectivity index (χ2n) is 3.94. The molecule has 0 radical (unpaired) electrons. The highest BCUT2D eigenvalue weighted by Crippen LogP contribution is 2.26. The smallest absolute Gasteiger partial charge is 0.234 e. The van der Waals surface area contributed by atoms with E-state index in [1.807, 2.05) is 6.92 Å². The van der Waals surface area contributed by atoms with Gasteiger partial charge in [-0.3, -0.25) is 10.2 Å². The zero-order valence-corrected chi connectivity index (χ0v) is 11.8. The van der Waals surface area contributed by atoms with Crippen molar-refractivity contribution in [2.24, 2.45) is 5.84 Å². The van der Waals surface area contributed by atoms with E-state index in [4.69, 9.17) is 5.84 Å². The fourth-order valence-corrected chi connectivity index (χ4v) is 2.98. The van der Waals surface area contributed by atoms with E-state index in [1.54, 1.807) is 24.3 Å². The number of rotatable bonds is 5. The number of amides is 1. The number of hydrogen-bond acceptors (Lipinski definition) is 5. The molecule has 0 bridgehead atoms. The maximum absolute atomic E-state index is 11.3. The Morgan fingerprint density at radius 3 is 2.39 bits per heavy atom. The van der Waals surface area contributed by atoms with E-state index in [9.17, 15) is 13.2 Å². The molecule has 100 valence electrons. The van der Waals surface area contributed by atoms with Crippen molar-refractivity contribution in [2.45, 2.75) is 28.4 Å². The first-order chi connectivity index (χ1) is 8.32. The Hall–Kier alpha value is -1.05. The molecule has 0 saturated carbocycles. The molecule has 3 N–H and O–H groups in total. The third-order valence-electron chi connectivity index (χ3n) is 2.22. The van der Waals surface area contributed by atoms with E-state index in [1.165, 1.54) is 18.0 Å². The number of hydrazine groups is 1. The van der Waals surface area contributed by atoms with E-state index < -0.39 is 9.84 Å². The second-order valence-corrected chi connectivity index (χ2v) is 7.47. The van der Waals surface area contributed by atoms with Crippen molar-refractivity contribution >= 4 is 27.5 Å². The summed E-state index contributed by atoms with van der Waals surface area (Å²) in [6.07, 6.45) is 1.48. The highest BCUT2D eigenvalue weighted by molar-refractivity contribution is 8.00. The van der Waals surface area contributed by atoms with Crippen LogP contribution in [-0.4, -0.2) is 25.8 Å². The maximum atomic E-state index is 11.3. The van der Waals surface area contributed by atoms with Gasteiger partial charge >= 0.3 is 0 Å². The van der Waals surface area contributed by atoms with Crippen LogP contribution in [0.25, 0.3) is 0 Å². The zero-order chi connectivity index (χ0) is 13.8. The van der Waals surface area contributed by atoms with Crippen LogP contribution in [0.1, 0.15) is 13.3 Å². The summed E-state index contributed by atoms with van der Waals surface area (Å²) in [5, 5.41) is 0.0673. The molecule has 18 heavy (non-hydrogen) atoms. The lowest BCUT2D eigenvalue weighted by Crippen LogP contribution is -2.31. The summed E-state index contributed by atoms with van der Waals surface area (Å²) in [7, 11) is -3.16. The van der Waals surface area contributed by atoms with Crippen molar-refractivity contribution in [3.8, 4) is 0 Å². The number of thioether (sulfide) groups is 1. The van der Waals surface area contributed by atoms with Gasteiger partial charge in [0.15, 0.2) is 9.84 Å². The Morgan fingerprint density at radius 2 is 1.94 bits per heavy atom. The van der Waals surface area contributed by atoms with Gasteiger partial charge in [-0.2, -0.15) is 0 Å². The van der Waals surface area contributed by atoms with E-state index in [-0.39, 0.29) is 11.2 Å². The monoisotopic (exact) mass is 288 g/mol. The predicted octanol–water partition coefficient (Wildman–Crippen LogP) is 0.951. The second kappa shape index (κ2) is 6.21. The molecule has 0 aliphatic rings. The summed E-state index contributed by atoms with van der Waals surface area (Å²) < 4.78 is 22.6. The van der Waals surface area contributed by atoms with Crippen molar-refractivity contribution in [3.63, 3.8) is 0 Å². The van der Waals surface area contributed by atoms with Crippen LogP contribution in [0.15, 0.2) is 34.1 Å². The summed E-state index contributed by atoms with van der Waals surface area (Å²) in [6.45, 7) is 1.91. The number of nitrogens with one attached hydrogen (secondary N) is 1. The van der Waals surface area contributed by atoms with Gasteiger partial charge in [-0.25, -0.2) is 14.3 Å². The van der Waals surface area contributed by atoms with Gasteiger partial charge in [0.25, 0.3) is 0 Å². The summed E-state index contributed by atoms with van der Waals surface area (Å²) >= 11 is 1.50. The van der Waals surface area contributed by atoms with E-state index in [0.717, 1.165) is 4.90 Å². The van der Waals surface area contributed by atoms with Crippen LogP contribution in [0.2, 0.25) is 0 Å². The quantitative estimate of drug-likeness (QED) is 0.364. The number of hydrogen-bond donors (Lipinski definition) is 2. The van der Waals surface area contributed by atoms with Crippen LogP contribution in [0.4, 0.5) is 0 Å². The lowest BCUT2D eigenvalue weighted by molar-refractivity contribution is -0.121. The van der Waals surface area contributed by atoms with Crippen LogP contribution in [0.3, 0.4) is 0 Å². The van der Waals surface area contributed by atoms with E-state index >= 15 is 0 Å². The first-order valence-corrected chi connectivity index (χ1v) is 8.06. The minimum atomic E-state index is -3.16. The Morgan fingerprint density at radius 1 is 1.39 bits per heavy atom. The maximum Gasteiger partial charge on any atom is 0.234 e. The largest absolute Gasteiger partial charge is 0.294 e. The fourth-order valence-electron chi connectivity index (χ4n) is 1.36. The molecular weight excluding hydrogens is 272 g/mol. The molecule has 0 fully saturated rings. The van der Waals surface area contributed by atoms with Gasteiger partial charge in [-0.1, -0.05) is 6.92 Å². The number of benzene rings is 1. The third kappa shape index (κ3) is 4.67. The standard InChI is InChI=1S/C11H16N2O3S2/c1-8(7-11(14)13-12)17-9-3-5-10(6-4-9)18(2,15)16/h3-6,8H,7,12H2,1-2H3,(H,13,14). The molecule has 1 amide bonds. The van der Waals surface area contributed by atoms with Crippen molar-refractivity contribution in [3.05, 3.63) is 24.3 Å². The molecular formula is C11H16N2O3S2. The van der Waals surface area contributed by atoms with Crippen molar-refractivity contribution < 1.29 is 13.2 Å². The van der Waals surface area contributed by atoms with Crippen LogP contribution < -0.4 is 11.3 Å². The fraction of sp³-hybridized carbons (Fsp3) is 0.364. The number of carbonyl (C=O) groups is 1. The summed E-state index contributed by atoms with van der Waals surface area (Å²) in [6, 6.07) is 6.59. The van der Waals surface area contributed by atoms with Gasteiger partial charge in [-0.05, 0) is 24.3 Å². The predicted molar refractivity (Wildman–Crippen MR) is 71.8 cm³/mol. The van der Waals surface area contributed by atoms with Crippen LogP contribution >= 0.6 is 11.8 Å². The Kier molecular flexibility index (Phi) is 5.18. The molecule has 5 nitrogen and oxygen atoms in total. The highest BCUT2D eigenvalue weighted by atomic mass is 32.2. The molecule has 1 rings (SSSR count). The topological polar surface area (TPSA) is 89.3 Å². The SMILES string of the molecule is CC(CC(=O)NN)Sc1ccc(S(C)(=O)=O)cc1. The average molecular weight is 288 g/mol. The molecule has 0 aromatic heterocycles. The normalized spacial score (nSPS) is 13.1. The molecule has 1 aromatic carbocycles. The summed E-state index contributed by atoms with van der Waals surface area (Å²) in [4.78, 5) is 12.3. The Labute approximate surface area is 111 Å². The molecule has 0 spiro atoms. The minimum Gasteiger partial charge on any atom is -0.294 e. The number of sulfone groups is 1. The molecule has 1 unspecified atom stereocenters. The van der Waals surface area contributed by atoms with Gasteiger partial charge < -0.3 is 0 Å². The molecule has 7 heteroatoms. The lowest BCUT2D eigenvalue weighted by atomic mass is 10.3. The third-order valence-corrected chi connectivity index (χ3v) is 4.46. The first kappa shape index (κ1) is 15.0. The zero-order valence-electron chi connectivity index (χ0n) is 10.2. The van der Waals surface area contributed by atoms with Gasteiger partial charge in [0.2, 0.25) is 5.91 Å². The van der Waals surface area contributed by atoms with Crippen LogP contribution in [-0.2, 0) is 14.6 Å².